The molecule has 1 atom stereocenters. The third-order valence-electron chi connectivity index (χ3n) is 2.91. The van der Waals surface area contributed by atoms with Crippen LogP contribution in [0.4, 0.5) is 5.82 Å². The lowest BCUT2D eigenvalue weighted by Gasteiger charge is -2.17. The second kappa shape index (κ2) is 4.71. The van der Waals surface area contributed by atoms with Gasteiger partial charge in [-0.05, 0) is 26.0 Å². The molecule has 0 amide bonds. The van der Waals surface area contributed by atoms with E-state index < -0.39 is 5.79 Å². The quantitative estimate of drug-likeness (QED) is 0.903. The molecule has 1 N–H and O–H groups in total. The van der Waals surface area contributed by atoms with Crippen molar-refractivity contribution < 1.29 is 9.47 Å². The summed E-state index contributed by atoms with van der Waals surface area (Å²) in [6.45, 7) is 5.07. The van der Waals surface area contributed by atoms with Crippen LogP contribution in [0.15, 0.2) is 24.5 Å². The smallest absolute Gasteiger partial charge is 0.180 e. The summed E-state index contributed by atoms with van der Waals surface area (Å²) < 4.78 is 11.2. The first-order valence-corrected chi connectivity index (χ1v) is 6.26. The van der Waals surface area contributed by atoms with E-state index in [9.17, 15) is 0 Å². The molecule has 0 aliphatic carbocycles. The van der Waals surface area contributed by atoms with Crippen LogP contribution >= 0.6 is 0 Å². The summed E-state index contributed by atoms with van der Waals surface area (Å²) in [6, 6.07) is 3.78. The summed E-state index contributed by atoms with van der Waals surface area (Å²) >= 11 is 0. The van der Waals surface area contributed by atoms with Crippen LogP contribution in [0.5, 0.6) is 0 Å². The van der Waals surface area contributed by atoms with Gasteiger partial charge >= 0.3 is 0 Å². The van der Waals surface area contributed by atoms with E-state index in [0.717, 1.165) is 11.3 Å². The Morgan fingerprint density at radius 3 is 2.95 bits per heavy atom. The summed E-state index contributed by atoms with van der Waals surface area (Å²) in [5, 5.41) is 3.23. The van der Waals surface area contributed by atoms with Crippen LogP contribution in [0.3, 0.4) is 0 Å². The number of nitrogens with zero attached hydrogens (tertiary/aromatic N) is 3. The average Bonchev–Trinajstić information content (AvgIpc) is 2.76. The van der Waals surface area contributed by atoms with Crippen LogP contribution in [-0.2, 0) is 9.47 Å². The minimum atomic E-state index is -0.491. The zero-order valence-electron chi connectivity index (χ0n) is 11.0. The van der Waals surface area contributed by atoms with Gasteiger partial charge in [-0.25, -0.2) is 9.97 Å². The summed E-state index contributed by atoms with van der Waals surface area (Å²) in [7, 11) is 0. The van der Waals surface area contributed by atoms with Crippen LogP contribution in [0.25, 0.3) is 11.2 Å². The molecule has 2 aromatic heterocycles. The van der Waals surface area contributed by atoms with Crippen molar-refractivity contribution in [1.82, 2.24) is 15.0 Å². The van der Waals surface area contributed by atoms with E-state index in [0.29, 0.717) is 18.8 Å². The molecule has 0 aromatic carbocycles. The number of hydrogen-bond donors (Lipinski definition) is 1. The Labute approximate surface area is 111 Å². The molecule has 19 heavy (non-hydrogen) atoms. The Kier molecular flexibility index (Phi) is 3.04. The highest BCUT2D eigenvalue weighted by Crippen LogP contribution is 2.22. The molecule has 2 aromatic rings. The van der Waals surface area contributed by atoms with Crippen LogP contribution in [0.1, 0.15) is 13.8 Å². The van der Waals surface area contributed by atoms with Gasteiger partial charge in [0, 0.05) is 18.9 Å². The third-order valence-corrected chi connectivity index (χ3v) is 2.91. The highest BCUT2D eigenvalue weighted by atomic mass is 16.7. The number of nitrogens with one attached hydrogen (secondary N) is 1. The van der Waals surface area contributed by atoms with Gasteiger partial charge in [0.25, 0.3) is 0 Å². The second-order valence-corrected chi connectivity index (χ2v) is 4.93. The van der Waals surface area contributed by atoms with E-state index >= 15 is 0 Å². The predicted molar refractivity (Wildman–Crippen MR) is 70.7 cm³/mol. The van der Waals surface area contributed by atoms with E-state index in [1.54, 1.807) is 12.4 Å². The molecule has 6 nitrogen and oxygen atoms in total. The van der Waals surface area contributed by atoms with Crippen molar-refractivity contribution in [3.8, 4) is 0 Å². The molecule has 1 saturated heterocycles. The molecule has 0 bridgehead atoms. The molecule has 1 aliphatic rings. The van der Waals surface area contributed by atoms with Gasteiger partial charge in [-0.2, -0.15) is 0 Å². The van der Waals surface area contributed by atoms with Crippen molar-refractivity contribution in [2.45, 2.75) is 25.7 Å². The highest BCUT2D eigenvalue weighted by molar-refractivity contribution is 5.71. The van der Waals surface area contributed by atoms with Crippen molar-refractivity contribution in [3.63, 3.8) is 0 Å². The molecule has 1 fully saturated rings. The average molecular weight is 260 g/mol. The summed E-state index contributed by atoms with van der Waals surface area (Å²) in [6.07, 6.45) is 3.33. The minimum Gasteiger partial charge on any atom is -0.367 e. The second-order valence-electron chi connectivity index (χ2n) is 4.93. The molecule has 0 spiro atoms. The van der Waals surface area contributed by atoms with Gasteiger partial charge in [0.2, 0.25) is 0 Å². The maximum absolute atomic E-state index is 5.72. The first-order valence-electron chi connectivity index (χ1n) is 6.26. The van der Waals surface area contributed by atoms with Gasteiger partial charge in [-0.1, -0.05) is 0 Å². The van der Waals surface area contributed by atoms with Crippen molar-refractivity contribution in [1.29, 1.82) is 0 Å². The van der Waals surface area contributed by atoms with E-state index in [1.807, 2.05) is 26.0 Å². The lowest BCUT2D eigenvalue weighted by molar-refractivity contribution is -0.136. The maximum Gasteiger partial charge on any atom is 0.180 e. The Morgan fingerprint density at radius 2 is 2.16 bits per heavy atom. The Hall–Kier alpha value is -1.79. The first-order chi connectivity index (χ1) is 9.12. The number of fused-ring (bicyclic) bond motifs is 1. The van der Waals surface area contributed by atoms with Crippen LogP contribution < -0.4 is 5.32 Å². The van der Waals surface area contributed by atoms with Crippen LogP contribution in [0.2, 0.25) is 0 Å². The number of pyridine rings is 1. The Balaban J connectivity index is 1.66. The molecule has 0 saturated carbocycles. The Morgan fingerprint density at radius 1 is 1.32 bits per heavy atom. The van der Waals surface area contributed by atoms with Gasteiger partial charge in [0.05, 0.1) is 6.61 Å². The maximum atomic E-state index is 5.72. The zero-order valence-corrected chi connectivity index (χ0v) is 11.0. The van der Waals surface area contributed by atoms with Gasteiger partial charge < -0.3 is 14.8 Å². The number of ether oxygens (including phenoxy) is 2. The molecule has 0 radical (unpaired) electrons. The van der Waals surface area contributed by atoms with Gasteiger partial charge in [0.15, 0.2) is 11.4 Å². The Bertz CT molecular complexity index is 588. The molecule has 1 unspecified atom stereocenters. The molecular weight excluding hydrogens is 244 g/mol. The van der Waals surface area contributed by atoms with Crippen molar-refractivity contribution >= 4 is 17.0 Å². The topological polar surface area (TPSA) is 69.2 Å². The summed E-state index contributed by atoms with van der Waals surface area (Å²) in [5.41, 5.74) is 1.42. The predicted octanol–water partition coefficient (Wildman–Crippen LogP) is 1.59. The number of aromatic nitrogens is 3. The molecule has 3 rings (SSSR count). The third kappa shape index (κ3) is 2.80. The lowest BCUT2D eigenvalue weighted by atomic mass is 10.3. The molecule has 100 valence electrons. The summed E-state index contributed by atoms with van der Waals surface area (Å²) in [4.78, 5) is 12.7. The van der Waals surface area contributed by atoms with Gasteiger partial charge in [-0.3, -0.25) is 4.98 Å². The van der Waals surface area contributed by atoms with Gasteiger partial charge in [0.1, 0.15) is 17.4 Å². The van der Waals surface area contributed by atoms with Crippen LogP contribution in [0, 0.1) is 0 Å². The zero-order chi connectivity index (χ0) is 13.3. The van der Waals surface area contributed by atoms with E-state index in [-0.39, 0.29) is 6.10 Å². The SMILES string of the molecule is CC1(C)OCC(CNc2ccc3nccnc3n2)O1. The number of hydrogen-bond acceptors (Lipinski definition) is 6. The molecule has 6 heteroatoms. The highest BCUT2D eigenvalue weighted by Gasteiger charge is 2.32. The lowest BCUT2D eigenvalue weighted by Crippen LogP contribution is -2.26. The fourth-order valence-corrected chi connectivity index (χ4v) is 2.03. The van der Waals surface area contributed by atoms with Crippen LogP contribution in [-0.4, -0.2) is 40.0 Å². The first kappa shape index (κ1) is 12.3. The molecule has 1 aliphatic heterocycles. The minimum absolute atomic E-state index is 0.0364. The fraction of sp³-hybridized carbons (Fsp3) is 0.462. The molecular formula is C13H16N4O2. The number of rotatable bonds is 3. The normalized spacial score (nSPS) is 21.7. The van der Waals surface area contributed by atoms with Crippen molar-refractivity contribution in [2.24, 2.45) is 0 Å². The summed E-state index contributed by atoms with van der Waals surface area (Å²) in [5.74, 6) is 0.274. The molecule has 3 heterocycles. The monoisotopic (exact) mass is 260 g/mol. The van der Waals surface area contributed by atoms with E-state index in [4.69, 9.17) is 9.47 Å². The number of anilines is 1. The van der Waals surface area contributed by atoms with E-state index in [1.165, 1.54) is 0 Å². The van der Waals surface area contributed by atoms with E-state index in [2.05, 4.69) is 20.3 Å². The standard InChI is InChI=1S/C13H16N4O2/c1-13(2)18-8-9(19-13)7-16-11-4-3-10-12(17-11)15-6-5-14-10/h3-6,9H,7-8H2,1-2H3,(H,15,16,17). The fourth-order valence-electron chi connectivity index (χ4n) is 2.03. The van der Waals surface area contributed by atoms with Crippen molar-refractivity contribution in [3.05, 3.63) is 24.5 Å². The van der Waals surface area contributed by atoms with Gasteiger partial charge in [-0.15, -0.1) is 0 Å². The van der Waals surface area contributed by atoms with Crippen molar-refractivity contribution in [2.75, 3.05) is 18.5 Å². The largest absolute Gasteiger partial charge is 0.367 e.